The molecule has 0 bridgehead atoms. The van der Waals surface area contributed by atoms with Crippen molar-refractivity contribution in [1.29, 1.82) is 10.7 Å². The van der Waals surface area contributed by atoms with E-state index in [1.165, 1.54) is 6.08 Å². The molecule has 5 nitrogen and oxygen atoms in total. The van der Waals surface area contributed by atoms with Crippen LogP contribution in [-0.4, -0.2) is 30.1 Å². The minimum Gasteiger partial charge on any atom is -0.507 e. The lowest BCUT2D eigenvalue weighted by molar-refractivity contribution is -0.0591. The third kappa shape index (κ3) is 6.53. The molecule has 0 amide bonds. The van der Waals surface area contributed by atoms with Crippen molar-refractivity contribution in [3.8, 4) is 6.07 Å². The van der Waals surface area contributed by atoms with Gasteiger partial charge in [-0.2, -0.15) is 18.4 Å². The van der Waals surface area contributed by atoms with Gasteiger partial charge in [0.15, 0.2) is 0 Å². The summed E-state index contributed by atoms with van der Waals surface area (Å²) in [6, 6.07) is 6.99. The Labute approximate surface area is 184 Å². The lowest BCUT2D eigenvalue weighted by Crippen LogP contribution is -2.25. The van der Waals surface area contributed by atoms with E-state index < -0.39 is 23.2 Å². The van der Waals surface area contributed by atoms with Gasteiger partial charge in [-0.15, -0.1) is 0 Å². The predicted molar refractivity (Wildman–Crippen MR) is 114 cm³/mol. The van der Waals surface area contributed by atoms with Gasteiger partial charge in [0.1, 0.15) is 23.3 Å². The molecule has 3 N–H and O–H groups in total. The van der Waals surface area contributed by atoms with E-state index in [-0.39, 0.29) is 18.6 Å². The average molecular weight is 454 g/mol. The molecule has 9 heteroatoms. The van der Waals surface area contributed by atoms with Gasteiger partial charge in [-0.05, 0) is 43.5 Å². The summed E-state index contributed by atoms with van der Waals surface area (Å²) in [6.45, 7) is 2.65. The minimum atomic E-state index is -4.84. The summed E-state index contributed by atoms with van der Waals surface area (Å²) in [6.07, 6.45) is -0.437. The Hall–Kier alpha value is -2.92. The fourth-order valence-corrected chi connectivity index (χ4v) is 3.22. The van der Waals surface area contributed by atoms with Crippen LogP contribution in [0.1, 0.15) is 38.2 Å². The predicted octanol–water partition coefficient (Wildman–Crippen LogP) is 6.44. The summed E-state index contributed by atoms with van der Waals surface area (Å²) in [5.74, 6) is -0.222. The summed E-state index contributed by atoms with van der Waals surface area (Å²) < 4.78 is 44.7. The molecule has 1 aliphatic rings. The molecule has 0 aromatic heterocycles. The lowest BCUT2D eigenvalue weighted by Gasteiger charge is -2.17. The quantitative estimate of drug-likeness (QED) is 0.296. The van der Waals surface area contributed by atoms with Crippen molar-refractivity contribution in [3.63, 3.8) is 0 Å². The zero-order valence-corrected chi connectivity index (χ0v) is 17.7. The molecule has 0 atom stereocenters. The van der Waals surface area contributed by atoms with Gasteiger partial charge in [-0.3, -0.25) is 5.41 Å². The zero-order valence-electron chi connectivity index (χ0n) is 16.9. The first kappa shape index (κ1) is 24.4. The third-order valence-electron chi connectivity index (χ3n) is 4.51. The molecule has 0 unspecified atom stereocenters. The van der Waals surface area contributed by atoms with Gasteiger partial charge >= 0.3 is 6.18 Å². The van der Waals surface area contributed by atoms with Crippen molar-refractivity contribution in [2.45, 2.75) is 38.8 Å². The molecule has 1 aliphatic carbocycles. The van der Waals surface area contributed by atoms with Crippen LogP contribution in [-0.2, 0) is 4.74 Å². The SMILES string of the molecule is CCCC1=C(O)C(C(=N)C(F)(F)F)=CCC=C1OCCCNc1ccc(C#N)c(Cl)c1. The summed E-state index contributed by atoms with van der Waals surface area (Å²) in [7, 11) is 0. The van der Waals surface area contributed by atoms with Crippen molar-refractivity contribution in [3.05, 3.63) is 63.6 Å². The summed E-state index contributed by atoms with van der Waals surface area (Å²) in [4.78, 5) is 0. The number of nitrogens with one attached hydrogen (secondary N) is 2. The van der Waals surface area contributed by atoms with E-state index in [1.54, 1.807) is 24.3 Å². The van der Waals surface area contributed by atoms with Crippen molar-refractivity contribution in [1.82, 2.24) is 0 Å². The Morgan fingerprint density at radius 2 is 2.10 bits per heavy atom. The fourth-order valence-electron chi connectivity index (χ4n) is 3.00. The number of hydrogen-bond acceptors (Lipinski definition) is 5. The molecule has 2 rings (SSSR count). The van der Waals surface area contributed by atoms with Crippen molar-refractivity contribution in [2.75, 3.05) is 18.5 Å². The number of allylic oxidation sites excluding steroid dienone is 4. The van der Waals surface area contributed by atoms with Gasteiger partial charge in [-0.1, -0.05) is 31.0 Å². The van der Waals surface area contributed by atoms with Crippen LogP contribution in [0, 0.1) is 16.7 Å². The second-order valence-corrected chi connectivity index (χ2v) is 7.21. The van der Waals surface area contributed by atoms with E-state index in [0.717, 1.165) is 5.69 Å². The Bertz CT molecular complexity index is 960. The summed E-state index contributed by atoms with van der Waals surface area (Å²) in [5, 5.41) is 30.2. The second kappa shape index (κ2) is 10.9. The van der Waals surface area contributed by atoms with Gasteiger partial charge < -0.3 is 15.2 Å². The highest BCUT2D eigenvalue weighted by Gasteiger charge is 2.38. The van der Waals surface area contributed by atoms with Gasteiger partial charge in [0.25, 0.3) is 0 Å². The standard InChI is InChI=1S/C22H23ClF3N3O2/c1-2-5-16-19(7-3-6-17(20(16)30)21(28)22(24,25)26)31-11-4-10-29-15-9-8-14(13-27)18(23)12-15/h6-9,12,28-30H,2-5,10-11H2,1H3. The molecule has 166 valence electrons. The van der Waals surface area contributed by atoms with Crippen LogP contribution in [0.3, 0.4) is 0 Å². The van der Waals surface area contributed by atoms with Gasteiger partial charge in [0.2, 0.25) is 0 Å². The van der Waals surface area contributed by atoms with Crippen LogP contribution in [0.15, 0.2) is 53.0 Å². The Balaban J connectivity index is 1.98. The minimum absolute atomic E-state index is 0.113. The molecule has 1 aromatic carbocycles. The number of benzene rings is 1. The average Bonchev–Trinajstić information content (AvgIpc) is 2.86. The molecule has 31 heavy (non-hydrogen) atoms. The molecular formula is C22H23ClF3N3O2. The van der Waals surface area contributed by atoms with Crippen LogP contribution in [0.25, 0.3) is 0 Å². The smallest absolute Gasteiger partial charge is 0.433 e. The topological polar surface area (TPSA) is 89.1 Å². The monoisotopic (exact) mass is 453 g/mol. The van der Waals surface area contributed by atoms with Crippen molar-refractivity contribution < 1.29 is 23.0 Å². The summed E-state index contributed by atoms with van der Waals surface area (Å²) in [5.41, 5.74) is -0.686. The largest absolute Gasteiger partial charge is 0.507 e. The number of hydrogen-bond donors (Lipinski definition) is 3. The third-order valence-corrected chi connectivity index (χ3v) is 4.83. The highest BCUT2D eigenvalue weighted by atomic mass is 35.5. The Kier molecular flexibility index (Phi) is 8.57. The molecule has 0 fully saturated rings. The number of nitrogens with zero attached hydrogens (tertiary/aromatic N) is 1. The van der Waals surface area contributed by atoms with Gasteiger partial charge in [0.05, 0.1) is 17.2 Å². The number of aliphatic hydroxyl groups is 1. The van der Waals surface area contributed by atoms with Crippen LogP contribution in [0.2, 0.25) is 5.02 Å². The van der Waals surface area contributed by atoms with Crippen molar-refractivity contribution in [2.24, 2.45) is 0 Å². The number of alkyl halides is 3. The number of anilines is 1. The fraction of sp³-hybridized carbons (Fsp3) is 0.364. The lowest BCUT2D eigenvalue weighted by atomic mass is 10.0. The molecular weight excluding hydrogens is 431 g/mol. The van der Waals surface area contributed by atoms with Gasteiger partial charge in [0, 0.05) is 23.4 Å². The molecule has 0 saturated heterocycles. The van der Waals surface area contributed by atoms with E-state index in [9.17, 15) is 18.3 Å². The number of nitriles is 1. The van der Waals surface area contributed by atoms with Crippen LogP contribution in [0.4, 0.5) is 18.9 Å². The zero-order chi connectivity index (χ0) is 23.0. The maximum atomic E-state index is 13.0. The van der Waals surface area contributed by atoms with Crippen molar-refractivity contribution >= 4 is 23.0 Å². The van der Waals surface area contributed by atoms with E-state index in [0.29, 0.717) is 42.2 Å². The molecule has 0 aliphatic heterocycles. The summed E-state index contributed by atoms with van der Waals surface area (Å²) >= 11 is 5.99. The van der Waals surface area contributed by atoms with E-state index in [1.807, 2.05) is 13.0 Å². The molecule has 0 heterocycles. The van der Waals surface area contributed by atoms with Crippen LogP contribution in [0.5, 0.6) is 0 Å². The first-order valence-electron chi connectivity index (χ1n) is 9.74. The van der Waals surface area contributed by atoms with Crippen LogP contribution >= 0.6 is 11.6 Å². The highest BCUT2D eigenvalue weighted by Crippen LogP contribution is 2.32. The first-order chi connectivity index (χ1) is 14.7. The number of ether oxygens (including phenoxy) is 1. The normalized spacial score (nSPS) is 14.3. The second-order valence-electron chi connectivity index (χ2n) is 6.81. The maximum Gasteiger partial charge on any atom is 0.433 e. The Morgan fingerprint density at radius 3 is 2.71 bits per heavy atom. The highest BCUT2D eigenvalue weighted by molar-refractivity contribution is 6.32. The Morgan fingerprint density at radius 1 is 1.35 bits per heavy atom. The molecule has 0 radical (unpaired) electrons. The van der Waals surface area contributed by atoms with E-state index >= 15 is 0 Å². The van der Waals surface area contributed by atoms with Crippen LogP contribution < -0.4 is 5.32 Å². The van der Waals surface area contributed by atoms with E-state index in [2.05, 4.69) is 5.32 Å². The number of rotatable bonds is 9. The van der Waals surface area contributed by atoms with Gasteiger partial charge in [-0.25, -0.2) is 0 Å². The molecule has 1 aromatic rings. The molecule has 0 saturated carbocycles. The maximum absolute atomic E-state index is 13.0. The number of aliphatic hydroxyl groups excluding tert-OH is 1. The first-order valence-corrected chi connectivity index (χ1v) is 10.1. The van der Waals surface area contributed by atoms with E-state index in [4.69, 9.17) is 27.0 Å². The molecule has 0 spiro atoms. The number of halogens is 4.